The number of nitrogens with zero attached hydrogens (tertiary/aromatic N) is 1. The maximum absolute atomic E-state index is 10.4. The van der Waals surface area contributed by atoms with Gasteiger partial charge in [0.05, 0.1) is 0 Å². The largest absolute Gasteiger partial charge is 0.352 e. The molecule has 0 aliphatic carbocycles. The van der Waals surface area contributed by atoms with Gasteiger partial charge in [0.2, 0.25) is 0 Å². The minimum Gasteiger partial charge on any atom is -0.272 e. The summed E-state index contributed by atoms with van der Waals surface area (Å²) in [5.74, 6) is 0. The smallest absolute Gasteiger partial charge is 0.272 e. The second-order valence-corrected chi connectivity index (χ2v) is 5.52. The highest BCUT2D eigenvalue weighted by atomic mass is 35.5. The Bertz CT molecular complexity index is 312. The molecule has 0 radical (unpaired) electrons. The summed E-state index contributed by atoms with van der Waals surface area (Å²) in [5.41, 5.74) is 0. The van der Waals surface area contributed by atoms with Gasteiger partial charge in [-0.3, -0.25) is 4.55 Å². The lowest BCUT2D eigenvalue weighted by Crippen LogP contribution is -2.43. The highest BCUT2D eigenvalue weighted by Crippen LogP contribution is 2.15. The van der Waals surface area contributed by atoms with Crippen LogP contribution in [0.5, 0.6) is 0 Å². The first-order valence-corrected chi connectivity index (χ1v) is 5.92. The molecule has 0 aliphatic heterocycles. The zero-order valence-corrected chi connectivity index (χ0v) is 8.40. The van der Waals surface area contributed by atoms with Gasteiger partial charge in [0.1, 0.15) is 0 Å². The molecule has 0 aromatic carbocycles. The lowest BCUT2D eigenvalue weighted by molar-refractivity contribution is 0.427. The number of alkyl halides is 2. The fourth-order valence-electron chi connectivity index (χ4n) is 0.343. The summed E-state index contributed by atoms with van der Waals surface area (Å²) in [7, 11) is -9.76. The van der Waals surface area contributed by atoms with E-state index in [0.29, 0.717) is 0 Å². The van der Waals surface area contributed by atoms with Crippen molar-refractivity contribution in [2.45, 2.75) is 4.96 Å². The van der Waals surface area contributed by atoms with Crippen LogP contribution in [0.3, 0.4) is 0 Å². The molecule has 7 nitrogen and oxygen atoms in total. The van der Waals surface area contributed by atoms with Crippen LogP contribution in [-0.4, -0.2) is 30.1 Å². The van der Waals surface area contributed by atoms with E-state index in [1.165, 1.54) is 0 Å². The summed E-state index contributed by atoms with van der Waals surface area (Å²) in [6, 6.07) is 0. The lowest BCUT2D eigenvalue weighted by Gasteiger charge is -2.15. The van der Waals surface area contributed by atoms with Crippen molar-refractivity contribution >= 4 is 43.7 Å². The van der Waals surface area contributed by atoms with Crippen LogP contribution in [0.15, 0.2) is 0 Å². The Labute approximate surface area is 79.1 Å². The molecule has 3 N–H and O–H groups in total. The first-order valence-electron chi connectivity index (χ1n) is 2.14. The van der Waals surface area contributed by atoms with Gasteiger partial charge >= 0.3 is 10.3 Å². The summed E-state index contributed by atoms with van der Waals surface area (Å²) in [6.07, 6.45) is 0. The van der Waals surface area contributed by atoms with E-state index in [2.05, 4.69) is 5.14 Å². The van der Waals surface area contributed by atoms with Crippen molar-refractivity contribution < 1.29 is 21.4 Å². The van der Waals surface area contributed by atoms with Gasteiger partial charge in [-0.1, -0.05) is 23.2 Å². The highest BCUT2D eigenvalue weighted by molar-refractivity contribution is 8.00. The van der Waals surface area contributed by atoms with E-state index in [0.717, 1.165) is 0 Å². The second kappa shape index (κ2) is 3.62. The predicted octanol–water partition coefficient (Wildman–Crippen LogP) is -0.944. The molecule has 0 saturated heterocycles. The van der Waals surface area contributed by atoms with Crippen LogP contribution in [-0.2, 0) is 20.5 Å². The SMILES string of the molecule is NS(=O)(=O)N(C(Cl)Cl)S(=O)(=O)O. The number of hydrogen-bond acceptors (Lipinski definition) is 4. The minimum absolute atomic E-state index is 0.650. The molecular formula is CH4Cl2N2O5S2. The van der Waals surface area contributed by atoms with Gasteiger partial charge in [0.15, 0.2) is 4.96 Å². The predicted molar refractivity (Wildman–Crippen MR) is 42.0 cm³/mol. The van der Waals surface area contributed by atoms with Gasteiger partial charge in [-0.05, 0) is 3.71 Å². The molecule has 0 atom stereocenters. The first-order chi connectivity index (χ1) is 5.07. The molecule has 0 rings (SSSR count). The maximum Gasteiger partial charge on any atom is 0.352 e. The quantitative estimate of drug-likeness (QED) is 0.385. The zero-order chi connectivity index (χ0) is 10.2. The molecule has 0 bridgehead atoms. The van der Waals surface area contributed by atoms with Crippen LogP contribution in [0.2, 0.25) is 0 Å². The molecule has 0 spiro atoms. The van der Waals surface area contributed by atoms with Crippen LogP contribution in [0.1, 0.15) is 0 Å². The van der Waals surface area contributed by atoms with Crippen LogP contribution in [0.25, 0.3) is 0 Å². The maximum atomic E-state index is 10.4. The Kier molecular flexibility index (Phi) is 3.73. The van der Waals surface area contributed by atoms with Crippen molar-refractivity contribution in [2.24, 2.45) is 5.14 Å². The normalized spacial score (nSPS) is 14.2. The van der Waals surface area contributed by atoms with Gasteiger partial charge in [-0.2, -0.15) is 16.8 Å². The Morgan fingerprint density at radius 1 is 1.25 bits per heavy atom. The van der Waals surface area contributed by atoms with Crippen LogP contribution in [0, 0.1) is 0 Å². The molecule has 0 aliphatic rings. The molecule has 12 heavy (non-hydrogen) atoms. The average molecular weight is 259 g/mol. The summed E-state index contributed by atoms with van der Waals surface area (Å²) in [6.45, 7) is 0. The van der Waals surface area contributed by atoms with Gasteiger partial charge in [0, 0.05) is 0 Å². The molecule has 0 saturated carbocycles. The van der Waals surface area contributed by atoms with E-state index in [1.54, 1.807) is 0 Å². The standard InChI is InChI=1S/CH4Cl2N2O5S2/c2-1(3)5(11(4,6)7)12(8,9)10/h1H,(H2,4,6,7)(H,8,9,10). The van der Waals surface area contributed by atoms with E-state index in [1.807, 2.05) is 0 Å². The summed E-state index contributed by atoms with van der Waals surface area (Å²) < 4.78 is 49.0. The van der Waals surface area contributed by atoms with Crippen molar-refractivity contribution in [3.05, 3.63) is 0 Å². The molecule has 11 heteroatoms. The third-order valence-corrected chi connectivity index (χ3v) is 4.06. The molecule has 0 fully saturated rings. The van der Waals surface area contributed by atoms with Crippen molar-refractivity contribution in [1.29, 1.82) is 0 Å². The van der Waals surface area contributed by atoms with Crippen molar-refractivity contribution in [2.75, 3.05) is 0 Å². The molecule has 74 valence electrons. The third-order valence-electron chi connectivity index (χ3n) is 0.638. The van der Waals surface area contributed by atoms with Crippen LogP contribution >= 0.6 is 23.2 Å². The summed E-state index contributed by atoms with van der Waals surface area (Å²) in [4.78, 5) is -2.00. The van der Waals surface area contributed by atoms with Gasteiger partial charge in [0.25, 0.3) is 10.2 Å². The monoisotopic (exact) mass is 258 g/mol. The highest BCUT2D eigenvalue weighted by Gasteiger charge is 2.35. The van der Waals surface area contributed by atoms with Gasteiger partial charge in [-0.25, -0.2) is 5.14 Å². The van der Waals surface area contributed by atoms with Crippen molar-refractivity contribution in [1.82, 2.24) is 3.71 Å². The third kappa shape index (κ3) is 3.39. The average Bonchev–Trinajstić information content (AvgIpc) is 1.49. The van der Waals surface area contributed by atoms with Crippen LogP contribution < -0.4 is 5.14 Å². The zero-order valence-electron chi connectivity index (χ0n) is 5.25. The number of hydrogen-bond donors (Lipinski definition) is 2. The van der Waals surface area contributed by atoms with Crippen molar-refractivity contribution in [3.8, 4) is 0 Å². The van der Waals surface area contributed by atoms with Gasteiger partial charge in [-0.15, -0.1) is 0 Å². The molecule has 0 heterocycles. The Morgan fingerprint density at radius 2 is 1.58 bits per heavy atom. The van der Waals surface area contributed by atoms with E-state index in [-0.39, 0.29) is 0 Å². The number of halogens is 2. The van der Waals surface area contributed by atoms with Crippen LogP contribution in [0.4, 0.5) is 0 Å². The summed E-state index contributed by atoms with van der Waals surface area (Å²) in [5, 5.41) is 4.36. The molecule has 0 aromatic rings. The van der Waals surface area contributed by atoms with Gasteiger partial charge < -0.3 is 0 Å². The lowest BCUT2D eigenvalue weighted by atomic mass is 11.5. The number of rotatable bonds is 3. The van der Waals surface area contributed by atoms with E-state index < -0.39 is 29.2 Å². The Morgan fingerprint density at radius 3 is 1.58 bits per heavy atom. The second-order valence-electron chi connectivity index (χ2n) is 1.53. The Hall–Kier alpha value is 0.360. The molecule has 0 aromatic heterocycles. The van der Waals surface area contributed by atoms with Crippen molar-refractivity contribution in [3.63, 3.8) is 0 Å². The Balaban J connectivity index is 5.26. The summed E-state index contributed by atoms with van der Waals surface area (Å²) >= 11 is 9.81. The topological polar surface area (TPSA) is 118 Å². The molecule has 0 amide bonds. The van der Waals surface area contributed by atoms with E-state index in [9.17, 15) is 16.8 Å². The number of nitrogens with two attached hydrogens (primary N) is 1. The van der Waals surface area contributed by atoms with E-state index >= 15 is 0 Å². The fourth-order valence-corrected chi connectivity index (χ4v) is 3.09. The first kappa shape index (κ1) is 12.4. The minimum atomic E-state index is -5.07. The molecule has 0 unspecified atom stereocenters. The fraction of sp³-hybridized carbons (Fsp3) is 1.00. The van der Waals surface area contributed by atoms with E-state index in [4.69, 9.17) is 27.8 Å². The molecular weight excluding hydrogens is 255 g/mol.